The predicted octanol–water partition coefficient (Wildman–Crippen LogP) is 2.09. The molecule has 1 aliphatic rings. The van der Waals surface area contributed by atoms with E-state index in [1.807, 2.05) is 12.1 Å². The monoisotopic (exact) mass is 305 g/mol. The summed E-state index contributed by atoms with van der Waals surface area (Å²) in [6, 6.07) is 5.97. The van der Waals surface area contributed by atoms with Crippen molar-refractivity contribution in [2.24, 2.45) is 5.92 Å². The average molecular weight is 305 g/mol. The summed E-state index contributed by atoms with van der Waals surface area (Å²) < 4.78 is 5.37. The van der Waals surface area contributed by atoms with Gasteiger partial charge in [0.15, 0.2) is 0 Å². The number of nitrogens with zero attached hydrogens (tertiary/aromatic N) is 3. The van der Waals surface area contributed by atoms with Gasteiger partial charge >= 0.3 is 0 Å². The zero-order valence-corrected chi connectivity index (χ0v) is 13.4. The van der Waals surface area contributed by atoms with E-state index in [0.717, 1.165) is 24.8 Å². The van der Waals surface area contributed by atoms with Crippen LogP contribution in [0.5, 0.6) is 0 Å². The number of rotatable bonds is 8. The Morgan fingerprint density at radius 1 is 1.50 bits per heavy atom. The van der Waals surface area contributed by atoms with Crippen LogP contribution >= 0.6 is 0 Å². The molecule has 0 aromatic carbocycles. The minimum absolute atomic E-state index is 0.387. The lowest BCUT2D eigenvalue weighted by atomic mass is 9.99. The van der Waals surface area contributed by atoms with Crippen molar-refractivity contribution in [3.8, 4) is 6.07 Å². The molecule has 1 saturated heterocycles. The summed E-state index contributed by atoms with van der Waals surface area (Å²) in [6.45, 7) is 7.04. The van der Waals surface area contributed by atoms with Crippen molar-refractivity contribution in [3.63, 3.8) is 0 Å². The van der Waals surface area contributed by atoms with Gasteiger partial charge < -0.3 is 14.4 Å². The highest BCUT2D eigenvalue weighted by Crippen LogP contribution is 2.16. The second kappa shape index (κ2) is 8.94. The Bertz CT molecular complexity index is 447. The first-order valence-electron chi connectivity index (χ1n) is 8.19. The number of hydrogen-bond donors (Lipinski definition) is 1. The van der Waals surface area contributed by atoms with Gasteiger partial charge in [-0.15, -0.1) is 0 Å². The maximum atomic E-state index is 10.4. The average Bonchev–Trinajstić information content (AvgIpc) is 3.00. The Morgan fingerprint density at radius 2 is 2.27 bits per heavy atom. The summed E-state index contributed by atoms with van der Waals surface area (Å²) in [4.78, 5) is 4.44. The topological polar surface area (TPSA) is 63.6 Å². The molecule has 2 rings (SSSR count). The fraction of sp³-hybridized carbons (Fsp3) is 0.706. The van der Waals surface area contributed by atoms with Crippen molar-refractivity contribution in [2.45, 2.75) is 38.8 Å². The molecule has 1 fully saturated rings. The van der Waals surface area contributed by atoms with Crippen LogP contribution in [0.25, 0.3) is 0 Å². The van der Waals surface area contributed by atoms with E-state index in [-0.39, 0.29) is 6.10 Å². The van der Waals surface area contributed by atoms with Gasteiger partial charge in [0.05, 0.1) is 25.0 Å². The van der Waals surface area contributed by atoms with Crippen LogP contribution in [0, 0.1) is 17.2 Å². The number of β-amino-alcohol motifs (C(OH)–C–C–N with tert-alkyl or cyclic N) is 1. The molecular formula is C17H27N3O2. The Balaban J connectivity index is 1.79. The molecule has 0 aliphatic carbocycles. The Morgan fingerprint density at radius 3 is 2.91 bits per heavy atom. The summed E-state index contributed by atoms with van der Waals surface area (Å²) >= 11 is 0. The summed E-state index contributed by atoms with van der Waals surface area (Å²) in [6.07, 6.45) is 4.17. The van der Waals surface area contributed by atoms with E-state index in [1.165, 1.54) is 12.8 Å². The number of furan rings is 1. The molecule has 5 heteroatoms. The molecule has 1 atom stereocenters. The molecule has 2 heterocycles. The van der Waals surface area contributed by atoms with Gasteiger partial charge in [0.1, 0.15) is 5.76 Å². The first kappa shape index (κ1) is 17.0. The van der Waals surface area contributed by atoms with E-state index >= 15 is 0 Å². The SMILES string of the molecule is CC1CCN(CC(O)CN(CCC#N)Cc2ccco2)CC1. The lowest BCUT2D eigenvalue weighted by molar-refractivity contribution is 0.0578. The van der Waals surface area contributed by atoms with Crippen LogP contribution in [-0.4, -0.2) is 53.7 Å². The quantitative estimate of drug-likeness (QED) is 0.797. The predicted molar refractivity (Wildman–Crippen MR) is 85.1 cm³/mol. The van der Waals surface area contributed by atoms with Crippen LogP contribution in [0.4, 0.5) is 0 Å². The standard InChI is InChI=1S/C17H27N3O2/c1-15-5-9-19(10-6-15)12-16(21)13-20(8-3-7-18)14-17-4-2-11-22-17/h2,4,11,15-16,21H,3,5-6,8-10,12-14H2,1H3. The van der Waals surface area contributed by atoms with E-state index in [0.29, 0.717) is 32.6 Å². The van der Waals surface area contributed by atoms with Crippen molar-refractivity contribution in [1.29, 1.82) is 5.26 Å². The molecule has 0 spiro atoms. The third-order valence-electron chi connectivity index (χ3n) is 4.31. The maximum Gasteiger partial charge on any atom is 0.117 e. The van der Waals surface area contributed by atoms with Crippen LogP contribution in [0.2, 0.25) is 0 Å². The van der Waals surface area contributed by atoms with Crippen LogP contribution < -0.4 is 0 Å². The second-order valence-corrected chi connectivity index (χ2v) is 6.36. The van der Waals surface area contributed by atoms with Gasteiger partial charge in [-0.2, -0.15) is 5.26 Å². The van der Waals surface area contributed by atoms with Crippen LogP contribution in [0.15, 0.2) is 22.8 Å². The fourth-order valence-corrected chi connectivity index (χ4v) is 2.96. The first-order chi connectivity index (χ1) is 10.7. The van der Waals surface area contributed by atoms with Crippen molar-refractivity contribution in [2.75, 3.05) is 32.7 Å². The van der Waals surface area contributed by atoms with Crippen molar-refractivity contribution < 1.29 is 9.52 Å². The minimum Gasteiger partial charge on any atom is -0.468 e. The van der Waals surface area contributed by atoms with Crippen molar-refractivity contribution in [3.05, 3.63) is 24.2 Å². The lowest BCUT2D eigenvalue weighted by Crippen LogP contribution is -2.43. The number of nitriles is 1. The number of aliphatic hydroxyl groups is 1. The van der Waals surface area contributed by atoms with E-state index in [1.54, 1.807) is 6.26 Å². The summed E-state index contributed by atoms with van der Waals surface area (Å²) in [5.41, 5.74) is 0. The zero-order chi connectivity index (χ0) is 15.8. The molecule has 22 heavy (non-hydrogen) atoms. The zero-order valence-electron chi connectivity index (χ0n) is 13.4. The van der Waals surface area contributed by atoms with Gasteiger partial charge in [0.2, 0.25) is 0 Å². The van der Waals surface area contributed by atoms with Crippen molar-refractivity contribution in [1.82, 2.24) is 9.80 Å². The Labute approximate surface area is 133 Å². The molecule has 1 aromatic rings. The molecule has 1 aromatic heterocycles. The molecule has 1 aliphatic heterocycles. The Hall–Kier alpha value is -1.35. The number of aliphatic hydroxyl groups excluding tert-OH is 1. The van der Waals surface area contributed by atoms with Gasteiger partial charge in [0.25, 0.3) is 0 Å². The van der Waals surface area contributed by atoms with Crippen LogP contribution in [0.1, 0.15) is 31.9 Å². The maximum absolute atomic E-state index is 10.4. The lowest BCUT2D eigenvalue weighted by Gasteiger charge is -2.33. The van der Waals surface area contributed by atoms with Crippen molar-refractivity contribution >= 4 is 0 Å². The van der Waals surface area contributed by atoms with Gasteiger partial charge in [-0.1, -0.05) is 6.92 Å². The summed E-state index contributed by atoms with van der Waals surface area (Å²) in [5.74, 6) is 1.68. The smallest absolute Gasteiger partial charge is 0.117 e. The highest BCUT2D eigenvalue weighted by Gasteiger charge is 2.20. The number of likely N-dealkylation sites (tertiary alicyclic amines) is 1. The van der Waals surface area contributed by atoms with Crippen LogP contribution in [0.3, 0.4) is 0 Å². The van der Waals surface area contributed by atoms with E-state index in [4.69, 9.17) is 9.68 Å². The third kappa shape index (κ3) is 5.80. The second-order valence-electron chi connectivity index (χ2n) is 6.36. The molecule has 5 nitrogen and oxygen atoms in total. The van der Waals surface area contributed by atoms with E-state index in [9.17, 15) is 5.11 Å². The molecule has 1 N–H and O–H groups in total. The molecule has 0 radical (unpaired) electrons. The van der Waals surface area contributed by atoms with E-state index < -0.39 is 0 Å². The molecular weight excluding hydrogens is 278 g/mol. The highest BCUT2D eigenvalue weighted by atomic mass is 16.3. The van der Waals surface area contributed by atoms with Crippen LogP contribution in [-0.2, 0) is 6.54 Å². The van der Waals surface area contributed by atoms with Gasteiger partial charge in [-0.05, 0) is 44.0 Å². The molecule has 0 amide bonds. The molecule has 0 bridgehead atoms. The first-order valence-corrected chi connectivity index (χ1v) is 8.19. The van der Waals surface area contributed by atoms with E-state index in [2.05, 4.69) is 22.8 Å². The number of hydrogen-bond acceptors (Lipinski definition) is 5. The number of piperidine rings is 1. The molecule has 0 saturated carbocycles. The van der Waals surface area contributed by atoms with Gasteiger partial charge in [-0.3, -0.25) is 4.90 Å². The Kier molecular flexibility index (Phi) is 6.91. The largest absolute Gasteiger partial charge is 0.468 e. The molecule has 122 valence electrons. The highest BCUT2D eigenvalue weighted by molar-refractivity contribution is 4.98. The molecule has 1 unspecified atom stereocenters. The van der Waals surface area contributed by atoms with Gasteiger partial charge in [0, 0.05) is 26.1 Å². The minimum atomic E-state index is -0.387. The third-order valence-corrected chi connectivity index (χ3v) is 4.31. The normalized spacial score (nSPS) is 18.5. The van der Waals surface area contributed by atoms with Gasteiger partial charge in [-0.25, -0.2) is 0 Å². The fourth-order valence-electron chi connectivity index (χ4n) is 2.96. The summed E-state index contributed by atoms with van der Waals surface area (Å²) in [7, 11) is 0. The summed E-state index contributed by atoms with van der Waals surface area (Å²) in [5, 5.41) is 19.2.